The molecule has 1 aromatic carbocycles. The van der Waals surface area contributed by atoms with E-state index in [0.717, 1.165) is 31.4 Å². The predicted octanol–water partition coefficient (Wildman–Crippen LogP) is 4.83. The molecule has 1 aromatic rings. The molecule has 1 fully saturated rings. The highest BCUT2D eigenvalue weighted by Crippen LogP contribution is 2.57. The van der Waals surface area contributed by atoms with Gasteiger partial charge in [0.1, 0.15) is 5.41 Å². The number of fused-ring (bicyclic) bond motifs is 1. The molecule has 0 unspecified atom stereocenters. The number of hydrogen-bond acceptors (Lipinski definition) is 2. The first-order chi connectivity index (χ1) is 13.5. The summed E-state index contributed by atoms with van der Waals surface area (Å²) < 4.78 is 39.6. The molecule has 1 saturated carbocycles. The summed E-state index contributed by atoms with van der Waals surface area (Å²) in [5.74, 6) is 5.18. The Bertz CT molecular complexity index is 842. The lowest BCUT2D eigenvalue weighted by Crippen LogP contribution is -2.49. The van der Waals surface area contributed by atoms with Crippen molar-refractivity contribution in [3.63, 3.8) is 0 Å². The van der Waals surface area contributed by atoms with Crippen LogP contribution in [0.3, 0.4) is 0 Å². The van der Waals surface area contributed by atoms with Crippen molar-refractivity contribution in [2.24, 2.45) is 5.41 Å². The van der Waals surface area contributed by atoms with Gasteiger partial charge in [0.15, 0.2) is 0 Å². The SMILES string of the molecule is CC(C)N1CCCCc2c(C#CC(C)(C)NC(=O)C3(C(F)(F)F)CC3)cccc21. The van der Waals surface area contributed by atoms with Crippen LogP contribution in [0.5, 0.6) is 0 Å². The molecule has 1 amide bonds. The van der Waals surface area contributed by atoms with Crippen molar-refractivity contribution in [1.82, 2.24) is 5.32 Å². The first-order valence-electron chi connectivity index (χ1n) is 10.3. The predicted molar refractivity (Wildman–Crippen MR) is 109 cm³/mol. The maximum absolute atomic E-state index is 13.2. The minimum Gasteiger partial charge on any atom is -0.369 e. The van der Waals surface area contributed by atoms with Gasteiger partial charge < -0.3 is 10.2 Å². The van der Waals surface area contributed by atoms with E-state index in [4.69, 9.17) is 0 Å². The molecule has 3 rings (SSSR count). The molecule has 1 aliphatic heterocycles. The third-order valence-corrected chi connectivity index (χ3v) is 5.82. The van der Waals surface area contributed by atoms with Crippen LogP contribution in [0.15, 0.2) is 18.2 Å². The lowest BCUT2D eigenvalue weighted by Gasteiger charge is -2.29. The summed E-state index contributed by atoms with van der Waals surface area (Å²) in [4.78, 5) is 14.7. The Hall–Kier alpha value is -2.16. The third-order valence-electron chi connectivity index (χ3n) is 5.82. The number of nitrogens with one attached hydrogen (secondary N) is 1. The number of carbonyl (C=O) groups excluding carboxylic acids is 1. The van der Waals surface area contributed by atoms with E-state index in [2.05, 4.69) is 42.0 Å². The van der Waals surface area contributed by atoms with Gasteiger partial charge in [0.05, 0.1) is 5.54 Å². The summed E-state index contributed by atoms with van der Waals surface area (Å²) in [5.41, 5.74) is -0.0341. The van der Waals surface area contributed by atoms with E-state index in [9.17, 15) is 18.0 Å². The van der Waals surface area contributed by atoms with Crippen molar-refractivity contribution in [3.05, 3.63) is 29.3 Å². The summed E-state index contributed by atoms with van der Waals surface area (Å²) >= 11 is 0. The van der Waals surface area contributed by atoms with Crippen LogP contribution in [0, 0.1) is 17.3 Å². The molecule has 1 aliphatic carbocycles. The molecule has 2 aliphatic rings. The normalized spacial score (nSPS) is 18.4. The van der Waals surface area contributed by atoms with Gasteiger partial charge in [-0.05, 0) is 77.5 Å². The molecule has 3 nitrogen and oxygen atoms in total. The second-order valence-corrected chi connectivity index (χ2v) is 8.96. The van der Waals surface area contributed by atoms with Crippen LogP contribution >= 0.6 is 0 Å². The number of carbonyl (C=O) groups is 1. The zero-order valence-electron chi connectivity index (χ0n) is 17.5. The molecular formula is C23H29F3N2O. The maximum atomic E-state index is 13.2. The highest BCUT2D eigenvalue weighted by Gasteiger charge is 2.68. The Morgan fingerprint density at radius 2 is 1.90 bits per heavy atom. The van der Waals surface area contributed by atoms with Crippen molar-refractivity contribution >= 4 is 11.6 Å². The van der Waals surface area contributed by atoms with Crippen molar-refractivity contribution in [2.45, 2.75) is 77.6 Å². The van der Waals surface area contributed by atoms with Gasteiger partial charge in [-0.25, -0.2) is 0 Å². The van der Waals surface area contributed by atoms with E-state index in [1.807, 2.05) is 12.1 Å². The van der Waals surface area contributed by atoms with Crippen molar-refractivity contribution in [2.75, 3.05) is 11.4 Å². The maximum Gasteiger partial charge on any atom is 0.403 e. The van der Waals surface area contributed by atoms with Gasteiger partial charge in [0.2, 0.25) is 5.91 Å². The largest absolute Gasteiger partial charge is 0.403 e. The fraction of sp³-hybridized carbons (Fsp3) is 0.609. The Morgan fingerprint density at radius 3 is 2.48 bits per heavy atom. The number of benzene rings is 1. The van der Waals surface area contributed by atoms with Gasteiger partial charge in [0, 0.05) is 23.8 Å². The second kappa shape index (κ2) is 7.59. The number of rotatable bonds is 3. The average Bonchev–Trinajstić information content (AvgIpc) is 3.43. The Morgan fingerprint density at radius 1 is 1.21 bits per heavy atom. The average molecular weight is 406 g/mol. The van der Waals surface area contributed by atoms with Crippen molar-refractivity contribution in [1.29, 1.82) is 0 Å². The van der Waals surface area contributed by atoms with E-state index < -0.39 is 23.0 Å². The van der Waals surface area contributed by atoms with Crippen LogP contribution in [-0.4, -0.2) is 30.2 Å². The van der Waals surface area contributed by atoms with Crippen LogP contribution in [0.2, 0.25) is 0 Å². The third kappa shape index (κ3) is 4.39. The lowest BCUT2D eigenvalue weighted by molar-refractivity contribution is -0.192. The zero-order valence-corrected chi connectivity index (χ0v) is 17.5. The van der Waals surface area contributed by atoms with Gasteiger partial charge in [-0.1, -0.05) is 17.9 Å². The van der Waals surface area contributed by atoms with Crippen LogP contribution in [0.25, 0.3) is 0 Å². The fourth-order valence-electron chi connectivity index (χ4n) is 3.89. The van der Waals surface area contributed by atoms with Crippen molar-refractivity contribution in [3.8, 4) is 11.8 Å². The molecule has 1 N–H and O–H groups in total. The second-order valence-electron chi connectivity index (χ2n) is 8.96. The minimum absolute atomic E-state index is 0.150. The van der Waals surface area contributed by atoms with E-state index in [1.165, 1.54) is 11.3 Å². The molecule has 29 heavy (non-hydrogen) atoms. The summed E-state index contributed by atoms with van der Waals surface area (Å²) in [6, 6.07) is 6.41. The van der Waals surface area contributed by atoms with Gasteiger partial charge in [0.25, 0.3) is 0 Å². The first kappa shape index (κ1) is 21.5. The van der Waals surface area contributed by atoms with Gasteiger partial charge in [-0.3, -0.25) is 4.79 Å². The molecule has 0 atom stereocenters. The van der Waals surface area contributed by atoms with Gasteiger partial charge in [-0.15, -0.1) is 0 Å². The molecule has 158 valence electrons. The smallest absolute Gasteiger partial charge is 0.369 e. The van der Waals surface area contributed by atoms with Crippen LogP contribution < -0.4 is 10.2 Å². The molecule has 0 aromatic heterocycles. The number of hydrogen-bond donors (Lipinski definition) is 1. The highest BCUT2D eigenvalue weighted by atomic mass is 19.4. The summed E-state index contributed by atoms with van der Waals surface area (Å²) in [6.07, 6.45) is -1.71. The minimum atomic E-state index is -4.52. The van der Waals surface area contributed by atoms with E-state index in [-0.39, 0.29) is 12.8 Å². The fourth-order valence-corrected chi connectivity index (χ4v) is 3.89. The van der Waals surface area contributed by atoms with Gasteiger partial charge in [-0.2, -0.15) is 13.2 Å². The van der Waals surface area contributed by atoms with Crippen molar-refractivity contribution < 1.29 is 18.0 Å². The standard InChI is InChI=1S/C23H29F3N2O/c1-16(2)28-15-6-5-9-18-17(8-7-10-19(18)28)11-12-21(3,4)27-20(29)22(13-14-22)23(24,25)26/h7-8,10,16H,5-6,9,13-15H2,1-4H3,(H,27,29). The highest BCUT2D eigenvalue weighted by molar-refractivity contribution is 5.87. The Kier molecular flexibility index (Phi) is 5.64. The topological polar surface area (TPSA) is 32.3 Å². The number of halogens is 3. The first-order valence-corrected chi connectivity index (χ1v) is 10.3. The monoisotopic (exact) mass is 406 g/mol. The Balaban J connectivity index is 1.84. The molecule has 1 heterocycles. The molecule has 0 saturated heterocycles. The molecule has 0 radical (unpaired) electrons. The van der Waals surface area contributed by atoms with Crippen LogP contribution in [0.1, 0.15) is 64.5 Å². The number of alkyl halides is 3. The molecule has 6 heteroatoms. The molecule has 0 bridgehead atoms. The molecule has 0 spiro atoms. The number of anilines is 1. The van der Waals surface area contributed by atoms with E-state index >= 15 is 0 Å². The number of nitrogens with zero attached hydrogens (tertiary/aromatic N) is 1. The summed E-state index contributed by atoms with van der Waals surface area (Å²) in [5, 5.41) is 2.51. The summed E-state index contributed by atoms with van der Waals surface area (Å²) in [7, 11) is 0. The van der Waals surface area contributed by atoms with Gasteiger partial charge >= 0.3 is 6.18 Å². The van der Waals surface area contributed by atoms with E-state index in [1.54, 1.807) is 13.8 Å². The van der Waals surface area contributed by atoms with E-state index in [0.29, 0.717) is 6.04 Å². The quantitative estimate of drug-likeness (QED) is 0.730. The Labute approximate surface area is 171 Å². The molecular weight excluding hydrogens is 377 g/mol. The zero-order chi connectivity index (χ0) is 21.4. The number of amides is 1. The van der Waals surface area contributed by atoms with Crippen LogP contribution in [0.4, 0.5) is 18.9 Å². The van der Waals surface area contributed by atoms with Crippen LogP contribution in [-0.2, 0) is 11.2 Å². The summed E-state index contributed by atoms with van der Waals surface area (Å²) in [6.45, 7) is 8.63. The lowest BCUT2D eigenvalue weighted by atomic mass is 9.98.